The Bertz CT molecular complexity index is 90.1. The molecule has 0 aliphatic rings. The summed E-state index contributed by atoms with van der Waals surface area (Å²) in [6.07, 6.45) is 0. The summed E-state index contributed by atoms with van der Waals surface area (Å²) in [7, 11) is 0.875. The number of hydrogen-bond donors (Lipinski definition) is 2. The second-order valence-corrected chi connectivity index (χ2v) is 6.72. The number of thiol groups is 1. The number of nitrogens with one attached hydrogen (secondary N) is 1. The van der Waals surface area contributed by atoms with Crippen molar-refractivity contribution in [2.45, 2.75) is 38.0 Å². The van der Waals surface area contributed by atoms with E-state index in [1.54, 1.807) is 0 Å². The lowest BCUT2D eigenvalue weighted by Crippen LogP contribution is -2.23. The minimum atomic E-state index is 0.380. The van der Waals surface area contributed by atoms with E-state index >= 15 is 0 Å². The van der Waals surface area contributed by atoms with Crippen LogP contribution in [0.2, 0.25) is 0 Å². The Morgan fingerprint density at radius 1 is 1.50 bits per heavy atom. The molecule has 2 atom stereocenters. The van der Waals surface area contributed by atoms with E-state index < -0.39 is 0 Å². The fourth-order valence-corrected chi connectivity index (χ4v) is 3.13. The highest BCUT2D eigenvalue weighted by atomic mass is 32.1. The van der Waals surface area contributed by atoms with Gasteiger partial charge < -0.3 is 5.32 Å². The molecular formula is C7H18NPS. The molecule has 3 heteroatoms. The molecule has 0 spiro atoms. The molecule has 0 heterocycles. The van der Waals surface area contributed by atoms with Crippen LogP contribution in [0.4, 0.5) is 0 Å². The van der Waals surface area contributed by atoms with Crippen LogP contribution in [-0.4, -0.2) is 16.8 Å². The molecule has 1 N–H and O–H groups in total. The zero-order valence-corrected chi connectivity index (χ0v) is 9.13. The average molecular weight is 179 g/mol. The lowest BCUT2D eigenvalue weighted by molar-refractivity contribution is 0.756. The molecule has 0 saturated heterocycles. The predicted octanol–water partition coefficient (Wildman–Crippen LogP) is 2.29. The fourth-order valence-electron chi connectivity index (χ4n) is 0.655. The molecular weight excluding hydrogens is 161 g/mol. The highest BCUT2D eigenvalue weighted by Crippen LogP contribution is 2.35. The van der Waals surface area contributed by atoms with Gasteiger partial charge in [0.15, 0.2) is 0 Å². The van der Waals surface area contributed by atoms with Gasteiger partial charge >= 0.3 is 0 Å². The standard InChI is InChI=1S/C7H18NPS/c1-5-8-6(10)9-7(2,3)4/h6,8-10H,5H2,1-4H3. The fraction of sp³-hybridized carbons (Fsp3) is 1.00. The molecule has 62 valence electrons. The van der Waals surface area contributed by atoms with Crippen molar-refractivity contribution in [2.24, 2.45) is 0 Å². The van der Waals surface area contributed by atoms with Crippen LogP contribution in [0.15, 0.2) is 0 Å². The Labute approximate surface area is 71.5 Å². The maximum Gasteiger partial charge on any atom is 0.0676 e. The minimum absolute atomic E-state index is 0.380. The normalized spacial score (nSPS) is 16.5. The molecule has 0 aliphatic heterocycles. The monoisotopic (exact) mass is 179 g/mol. The Kier molecular flexibility index (Phi) is 4.92. The van der Waals surface area contributed by atoms with Crippen LogP contribution in [0.5, 0.6) is 0 Å². The van der Waals surface area contributed by atoms with Gasteiger partial charge in [0, 0.05) is 0 Å². The molecule has 0 aromatic carbocycles. The van der Waals surface area contributed by atoms with Gasteiger partial charge in [-0.15, -0.1) is 0 Å². The van der Waals surface area contributed by atoms with Crippen molar-refractivity contribution in [3.05, 3.63) is 0 Å². The summed E-state index contributed by atoms with van der Waals surface area (Å²) in [6, 6.07) is 0. The lowest BCUT2D eigenvalue weighted by atomic mass is 10.3. The Morgan fingerprint density at radius 3 is 2.30 bits per heavy atom. The van der Waals surface area contributed by atoms with Crippen LogP contribution in [0.1, 0.15) is 27.7 Å². The topological polar surface area (TPSA) is 12.0 Å². The van der Waals surface area contributed by atoms with Gasteiger partial charge in [0.05, 0.1) is 5.11 Å². The summed E-state index contributed by atoms with van der Waals surface area (Å²) in [4.78, 5) is 0. The van der Waals surface area contributed by atoms with Gasteiger partial charge in [0.1, 0.15) is 0 Å². The van der Waals surface area contributed by atoms with Crippen LogP contribution >= 0.6 is 21.2 Å². The molecule has 0 fully saturated rings. The van der Waals surface area contributed by atoms with Gasteiger partial charge in [0.2, 0.25) is 0 Å². The van der Waals surface area contributed by atoms with Crippen LogP contribution in [0, 0.1) is 0 Å². The van der Waals surface area contributed by atoms with Gasteiger partial charge in [-0.3, -0.25) is 0 Å². The van der Waals surface area contributed by atoms with Crippen molar-refractivity contribution >= 4 is 21.2 Å². The molecule has 0 saturated carbocycles. The van der Waals surface area contributed by atoms with Crippen LogP contribution in [-0.2, 0) is 0 Å². The predicted molar refractivity (Wildman–Crippen MR) is 54.5 cm³/mol. The summed E-state index contributed by atoms with van der Waals surface area (Å²) in [6.45, 7) is 9.84. The third-order valence-electron chi connectivity index (χ3n) is 0.967. The Hall–Kier alpha value is 0.740. The lowest BCUT2D eigenvalue weighted by Gasteiger charge is -2.23. The quantitative estimate of drug-likeness (QED) is 0.385. The molecule has 0 aliphatic carbocycles. The first-order chi connectivity index (χ1) is 4.45. The minimum Gasteiger partial charge on any atom is -0.302 e. The summed E-state index contributed by atoms with van der Waals surface area (Å²) < 4.78 is 0. The first-order valence-corrected chi connectivity index (χ1v) is 5.24. The van der Waals surface area contributed by atoms with Crippen molar-refractivity contribution in [2.75, 3.05) is 6.54 Å². The second-order valence-electron chi connectivity index (χ2n) is 3.35. The first kappa shape index (κ1) is 10.7. The zero-order chi connectivity index (χ0) is 8.20. The molecule has 0 aromatic heterocycles. The third-order valence-corrected chi connectivity index (χ3v) is 2.88. The first-order valence-electron chi connectivity index (χ1n) is 3.65. The van der Waals surface area contributed by atoms with Crippen molar-refractivity contribution in [3.8, 4) is 0 Å². The van der Waals surface area contributed by atoms with Gasteiger partial charge in [-0.1, -0.05) is 36.3 Å². The van der Waals surface area contributed by atoms with E-state index in [0.29, 0.717) is 10.3 Å². The average Bonchev–Trinajstić information content (AvgIpc) is 1.59. The molecule has 0 radical (unpaired) electrons. The maximum absolute atomic E-state index is 4.40. The Morgan fingerprint density at radius 2 is 2.00 bits per heavy atom. The zero-order valence-electron chi connectivity index (χ0n) is 7.23. The molecule has 0 rings (SSSR count). The van der Waals surface area contributed by atoms with E-state index in [9.17, 15) is 0 Å². The highest BCUT2D eigenvalue weighted by molar-refractivity contribution is 7.87. The molecule has 10 heavy (non-hydrogen) atoms. The largest absolute Gasteiger partial charge is 0.302 e. The van der Waals surface area contributed by atoms with Gasteiger partial charge in [-0.05, 0) is 11.7 Å². The van der Waals surface area contributed by atoms with Crippen molar-refractivity contribution in [1.29, 1.82) is 0 Å². The third kappa shape index (κ3) is 6.85. The van der Waals surface area contributed by atoms with Crippen LogP contribution < -0.4 is 5.32 Å². The van der Waals surface area contributed by atoms with Crippen LogP contribution in [0.25, 0.3) is 0 Å². The van der Waals surface area contributed by atoms with E-state index in [0.717, 1.165) is 15.1 Å². The smallest absolute Gasteiger partial charge is 0.0676 e. The molecule has 0 amide bonds. The van der Waals surface area contributed by atoms with Crippen molar-refractivity contribution < 1.29 is 0 Å². The van der Waals surface area contributed by atoms with E-state index in [1.807, 2.05) is 0 Å². The van der Waals surface area contributed by atoms with Crippen molar-refractivity contribution in [1.82, 2.24) is 5.32 Å². The van der Waals surface area contributed by atoms with Gasteiger partial charge in [0.25, 0.3) is 0 Å². The van der Waals surface area contributed by atoms with E-state index in [-0.39, 0.29) is 0 Å². The number of rotatable bonds is 3. The molecule has 0 bridgehead atoms. The summed E-state index contributed by atoms with van der Waals surface area (Å²) in [5.74, 6) is 0. The SMILES string of the molecule is CCNC(S)PC(C)(C)C. The van der Waals surface area contributed by atoms with Crippen molar-refractivity contribution in [3.63, 3.8) is 0 Å². The van der Waals surface area contributed by atoms with E-state index in [4.69, 9.17) is 0 Å². The summed E-state index contributed by atoms with van der Waals surface area (Å²) in [5.41, 5.74) is 0. The number of hydrogen-bond acceptors (Lipinski definition) is 2. The highest BCUT2D eigenvalue weighted by Gasteiger charge is 2.13. The van der Waals surface area contributed by atoms with Crippen LogP contribution in [0.3, 0.4) is 0 Å². The summed E-state index contributed by atoms with van der Waals surface area (Å²) in [5, 5.41) is 4.07. The van der Waals surface area contributed by atoms with Gasteiger partial charge in [-0.2, -0.15) is 12.6 Å². The van der Waals surface area contributed by atoms with E-state index in [2.05, 4.69) is 45.6 Å². The maximum atomic E-state index is 4.40. The Balaban J connectivity index is 3.47. The van der Waals surface area contributed by atoms with Gasteiger partial charge in [-0.25, -0.2) is 0 Å². The molecule has 1 nitrogen and oxygen atoms in total. The second kappa shape index (κ2) is 4.58. The summed E-state index contributed by atoms with van der Waals surface area (Å²) >= 11 is 4.40. The molecule has 0 aromatic rings. The molecule has 2 unspecified atom stereocenters. The van der Waals surface area contributed by atoms with E-state index in [1.165, 1.54) is 0 Å².